The third-order valence-corrected chi connectivity index (χ3v) is 4.35. The molecular formula is C14H19NO6S. The van der Waals surface area contributed by atoms with Crippen LogP contribution in [0.3, 0.4) is 0 Å². The summed E-state index contributed by atoms with van der Waals surface area (Å²) in [7, 11) is -3.99. The lowest BCUT2D eigenvalue weighted by Crippen LogP contribution is -2.44. The molecule has 0 aromatic heterocycles. The van der Waals surface area contributed by atoms with Gasteiger partial charge in [-0.15, -0.1) is 0 Å². The summed E-state index contributed by atoms with van der Waals surface area (Å²) >= 11 is 0. The highest BCUT2D eigenvalue weighted by Crippen LogP contribution is 2.14. The number of carbonyl (C=O) groups excluding carboxylic acids is 1. The molecule has 0 fully saturated rings. The number of hydrogen-bond acceptors (Lipinski definition) is 5. The zero-order valence-electron chi connectivity index (χ0n) is 12.6. The van der Waals surface area contributed by atoms with Gasteiger partial charge >= 0.3 is 11.9 Å². The molecule has 1 unspecified atom stereocenters. The Hall–Kier alpha value is -1.93. The van der Waals surface area contributed by atoms with Gasteiger partial charge in [-0.25, -0.2) is 13.2 Å². The number of esters is 1. The molecule has 0 aliphatic heterocycles. The maximum atomic E-state index is 12.2. The number of carbonyl (C=O) groups is 2. The van der Waals surface area contributed by atoms with Crippen LogP contribution in [-0.4, -0.2) is 38.1 Å². The Balaban J connectivity index is 2.99. The first-order chi connectivity index (χ1) is 10.2. The van der Waals surface area contributed by atoms with E-state index in [0.717, 1.165) is 0 Å². The van der Waals surface area contributed by atoms with Crippen molar-refractivity contribution < 1.29 is 27.9 Å². The molecule has 0 saturated heterocycles. The van der Waals surface area contributed by atoms with Gasteiger partial charge in [-0.3, -0.25) is 4.79 Å². The number of ether oxygens (including phenoxy) is 1. The van der Waals surface area contributed by atoms with Crippen LogP contribution in [0.2, 0.25) is 0 Å². The minimum Gasteiger partial charge on any atom is -0.480 e. The monoisotopic (exact) mass is 329 g/mol. The third-order valence-electron chi connectivity index (χ3n) is 2.89. The van der Waals surface area contributed by atoms with E-state index in [-0.39, 0.29) is 17.1 Å². The van der Waals surface area contributed by atoms with Gasteiger partial charge in [-0.2, -0.15) is 4.72 Å². The molecule has 0 aliphatic carbocycles. The molecule has 1 aromatic rings. The fraction of sp³-hybridized carbons (Fsp3) is 0.429. The topological polar surface area (TPSA) is 110 Å². The summed E-state index contributed by atoms with van der Waals surface area (Å²) in [5, 5.41) is 9.04. The van der Waals surface area contributed by atoms with Crippen molar-refractivity contribution in [1.29, 1.82) is 0 Å². The first kappa shape index (κ1) is 18.1. The van der Waals surface area contributed by atoms with Crippen LogP contribution in [0, 0.1) is 5.92 Å². The predicted molar refractivity (Wildman–Crippen MR) is 79.0 cm³/mol. The van der Waals surface area contributed by atoms with Crippen LogP contribution >= 0.6 is 0 Å². The van der Waals surface area contributed by atoms with Gasteiger partial charge in [-0.05, 0) is 37.1 Å². The van der Waals surface area contributed by atoms with Crippen LogP contribution in [0.5, 0.6) is 0 Å². The fourth-order valence-electron chi connectivity index (χ4n) is 1.69. The number of rotatable bonds is 7. The molecule has 0 bridgehead atoms. The van der Waals surface area contributed by atoms with Crippen LogP contribution in [-0.2, 0) is 19.6 Å². The van der Waals surface area contributed by atoms with E-state index in [2.05, 4.69) is 4.72 Å². The van der Waals surface area contributed by atoms with E-state index in [1.54, 1.807) is 20.8 Å². The summed E-state index contributed by atoms with van der Waals surface area (Å²) in [6, 6.07) is 3.87. The summed E-state index contributed by atoms with van der Waals surface area (Å²) < 4.78 is 31.3. The maximum Gasteiger partial charge on any atom is 0.338 e. The first-order valence-corrected chi connectivity index (χ1v) is 8.19. The van der Waals surface area contributed by atoms with E-state index in [9.17, 15) is 18.0 Å². The Labute approximate surface area is 129 Å². The second-order valence-electron chi connectivity index (χ2n) is 4.93. The van der Waals surface area contributed by atoms with E-state index in [0.29, 0.717) is 0 Å². The zero-order valence-corrected chi connectivity index (χ0v) is 13.4. The second kappa shape index (κ2) is 7.37. The number of nitrogens with one attached hydrogen (secondary N) is 1. The summed E-state index contributed by atoms with van der Waals surface area (Å²) in [5.41, 5.74) is 0.222. The zero-order chi connectivity index (χ0) is 16.9. The highest BCUT2D eigenvalue weighted by molar-refractivity contribution is 7.89. The highest BCUT2D eigenvalue weighted by Gasteiger charge is 2.28. The summed E-state index contributed by atoms with van der Waals surface area (Å²) in [5.74, 6) is -2.21. The van der Waals surface area contributed by atoms with Crippen molar-refractivity contribution in [2.45, 2.75) is 31.7 Å². The van der Waals surface area contributed by atoms with Crippen LogP contribution < -0.4 is 4.72 Å². The number of aliphatic carboxylic acids is 1. The quantitative estimate of drug-likeness (QED) is 0.729. The fourth-order valence-corrected chi connectivity index (χ4v) is 3.03. The summed E-state index contributed by atoms with van der Waals surface area (Å²) in [4.78, 5) is 22.5. The lowest BCUT2D eigenvalue weighted by Gasteiger charge is -2.18. The smallest absolute Gasteiger partial charge is 0.338 e. The van der Waals surface area contributed by atoms with E-state index >= 15 is 0 Å². The van der Waals surface area contributed by atoms with Crippen LogP contribution in [0.1, 0.15) is 31.1 Å². The molecule has 122 valence electrons. The van der Waals surface area contributed by atoms with Crippen molar-refractivity contribution in [3.05, 3.63) is 29.8 Å². The molecule has 22 heavy (non-hydrogen) atoms. The number of carboxylic acid groups (broad SMARTS) is 1. The van der Waals surface area contributed by atoms with Crippen molar-refractivity contribution >= 4 is 22.0 Å². The molecule has 0 saturated carbocycles. The Morgan fingerprint density at radius 3 is 2.18 bits per heavy atom. The summed E-state index contributed by atoms with van der Waals surface area (Å²) in [6.45, 7) is 5.09. The molecule has 0 radical (unpaired) electrons. The average molecular weight is 329 g/mol. The van der Waals surface area contributed by atoms with Gasteiger partial charge in [0, 0.05) is 0 Å². The Morgan fingerprint density at radius 1 is 1.23 bits per heavy atom. The lowest BCUT2D eigenvalue weighted by molar-refractivity contribution is -0.140. The Morgan fingerprint density at radius 2 is 1.77 bits per heavy atom. The number of carboxylic acids is 1. The third kappa shape index (κ3) is 4.54. The van der Waals surface area contributed by atoms with Crippen LogP contribution in [0.25, 0.3) is 0 Å². The van der Waals surface area contributed by atoms with Crippen molar-refractivity contribution in [1.82, 2.24) is 4.72 Å². The molecule has 2 N–H and O–H groups in total. The predicted octanol–water partition coefficient (Wildman–Crippen LogP) is 1.25. The van der Waals surface area contributed by atoms with Gasteiger partial charge in [0.05, 0.1) is 17.1 Å². The van der Waals surface area contributed by atoms with Gasteiger partial charge in [0.25, 0.3) is 0 Å². The molecular weight excluding hydrogens is 310 g/mol. The van der Waals surface area contributed by atoms with Gasteiger partial charge in [0.1, 0.15) is 6.04 Å². The van der Waals surface area contributed by atoms with Gasteiger partial charge < -0.3 is 9.84 Å². The van der Waals surface area contributed by atoms with Crippen molar-refractivity contribution in [2.24, 2.45) is 5.92 Å². The van der Waals surface area contributed by atoms with E-state index < -0.39 is 33.9 Å². The Kier molecular flexibility index (Phi) is 6.07. The van der Waals surface area contributed by atoms with Crippen LogP contribution in [0.4, 0.5) is 0 Å². The normalized spacial score (nSPS) is 12.9. The lowest BCUT2D eigenvalue weighted by atomic mass is 10.1. The molecule has 1 aromatic carbocycles. The average Bonchev–Trinajstić information content (AvgIpc) is 2.44. The van der Waals surface area contributed by atoms with Gasteiger partial charge in [-0.1, -0.05) is 13.8 Å². The second-order valence-corrected chi connectivity index (χ2v) is 6.64. The van der Waals surface area contributed by atoms with Crippen molar-refractivity contribution in [3.8, 4) is 0 Å². The van der Waals surface area contributed by atoms with E-state index in [4.69, 9.17) is 9.84 Å². The standard InChI is InChI=1S/C14H19NO6S/c1-4-21-14(18)10-5-7-11(8-6-10)22(19,20)15-12(9(2)3)13(16)17/h5-9,12,15H,4H2,1-3H3,(H,16,17). The number of benzene rings is 1. The highest BCUT2D eigenvalue weighted by atomic mass is 32.2. The molecule has 1 rings (SSSR count). The van der Waals surface area contributed by atoms with Crippen LogP contribution in [0.15, 0.2) is 29.2 Å². The van der Waals surface area contributed by atoms with E-state index in [1.165, 1.54) is 24.3 Å². The number of hydrogen-bond donors (Lipinski definition) is 2. The van der Waals surface area contributed by atoms with Gasteiger partial charge in [0.15, 0.2) is 0 Å². The molecule has 0 heterocycles. The van der Waals surface area contributed by atoms with Gasteiger partial charge in [0.2, 0.25) is 10.0 Å². The first-order valence-electron chi connectivity index (χ1n) is 6.71. The Bertz CT molecular complexity index is 636. The van der Waals surface area contributed by atoms with Crippen molar-refractivity contribution in [3.63, 3.8) is 0 Å². The largest absolute Gasteiger partial charge is 0.480 e. The molecule has 0 aliphatic rings. The minimum absolute atomic E-state index is 0.118. The molecule has 0 amide bonds. The molecule has 7 nitrogen and oxygen atoms in total. The molecule has 8 heteroatoms. The van der Waals surface area contributed by atoms with E-state index in [1.807, 2.05) is 0 Å². The number of sulfonamides is 1. The summed E-state index contributed by atoms with van der Waals surface area (Å²) in [6.07, 6.45) is 0. The minimum atomic E-state index is -3.99. The maximum absolute atomic E-state index is 12.2. The molecule has 1 atom stereocenters. The van der Waals surface area contributed by atoms with Crippen molar-refractivity contribution in [2.75, 3.05) is 6.61 Å². The molecule has 0 spiro atoms. The SMILES string of the molecule is CCOC(=O)c1ccc(S(=O)(=O)NC(C(=O)O)C(C)C)cc1.